The van der Waals surface area contributed by atoms with Crippen molar-refractivity contribution in [2.45, 2.75) is 31.0 Å². The van der Waals surface area contributed by atoms with Crippen LogP contribution in [0.25, 0.3) is 0 Å². The quantitative estimate of drug-likeness (QED) is 0.647. The van der Waals surface area contributed by atoms with E-state index in [1.807, 2.05) is 0 Å². The Bertz CT molecular complexity index is 937. The van der Waals surface area contributed by atoms with Gasteiger partial charge in [0.2, 0.25) is 11.8 Å². The molecule has 4 amide bonds. The van der Waals surface area contributed by atoms with Gasteiger partial charge >= 0.3 is 6.09 Å². The standard InChI is InChI=1S/C18H17N3O7/c22-14-2-1-11(15(23)19-14)21-5-9-3-13-12(4-10(9)16(21)24)27-8-18(28-13)6-20(7-18)17(25)26/h3-4,11H,1-2,5-8H2,(H,25,26)(H,19,22,23)/t11-/m0/s1. The van der Waals surface area contributed by atoms with Gasteiger partial charge in [-0.25, -0.2) is 4.79 Å². The summed E-state index contributed by atoms with van der Waals surface area (Å²) in [6, 6.07) is 2.65. The normalized spacial score (nSPS) is 24.7. The molecule has 28 heavy (non-hydrogen) atoms. The van der Waals surface area contributed by atoms with Gasteiger partial charge in [0.05, 0.1) is 13.1 Å². The molecule has 10 nitrogen and oxygen atoms in total. The van der Waals surface area contributed by atoms with Gasteiger partial charge in [-0.2, -0.15) is 0 Å². The van der Waals surface area contributed by atoms with Crippen molar-refractivity contribution in [1.29, 1.82) is 0 Å². The first-order valence-electron chi connectivity index (χ1n) is 8.96. The third kappa shape index (κ3) is 2.40. The Kier molecular flexibility index (Phi) is 3.37. The molecule has 1 spiro atoms. The van der Waals surface area contributed by atoms with Crippen LogP contribution in [0.2, 0.25) is 0 Å². The highest BCUT2D eigenvalue weighted by Crippen LogP contribution is 2.43. The number of hydrogen-bond donors (Lipinski definition) is 2. The maximum Gasteiger partial charge on any atom is 0.407 e. The molecule has 0 unspecified atom stereocenters. The second-order valence-corrected chi connectivity index (χ2v) is 7.57. The molecule has 1 atom stereocenters. The Balaban J connectivity index is 1.37. The summed E-state index contributed by atoms with van der Waals surface area (Å²) in [6.45, 7) is 0.888. The number of carbonyl (C=O) groups excluding carboxylic acids is 3. The highest BCUT2D eigenvalue weighted by molar-refractivity contribution is 6.05. The number of piperidine rings is 1. The number of amides is 4. The Hall–Kier alpha value is -3.30. The molecular weight excluding hydrogens is 370 g/mol. The van der Waals surface area contributed by atoms with Crippen LogP contribution in [0.1, 0.15) is 28.8 Å². The number of carboxylic acid groups (broad SMARTS) is 1. The summed E-state index contributed by atoms with van der Waals surface area (Å²) in [5, 5.41) is 11.3. The van der Waals surface area contributed by atoms with E-state index in [0.717, 1.165) is 0 Å². The molecule has 1 aromatic carbocycles. The van der Waals surface area contributed by atoms with E-state index in [9.17, 15) is 19.2 Å². The fourth-order valence-corrected chi connectivity index (χ4v) is 4.18. The van der Waals surface area contributed by atoms with Crippen molar-refractivity contribution in [3.8, 4) is 11.5 Å². The predicted molar refractivity (Wildman–Crippen MR) is 90.9 cm³/mol. The highest BCUT2D eigenvalue weighted by atomic mass is 16.6. The van der Waals surface area contributed by atoms with E-state index in [1.165, 1.54) is 9.80 Å². The molecule has 5 rings (SSSR count). The molecule has 146 valence electrons. The van der Waals surface area contributed by atoms with Gasteiger partial charge in [0.15, 0.2) is 17.1 Å². The van der Waals surface area contributed by atoms with Crippen molar-refractivity contribution >= 4 is 23.8 Å². The number of fused-ring (bicyclic) bond motifs is 2. The summed E-state index contributed by atoms with van der Waals surface area (Å²) in [5.74, 6) is -0.179. The molecule has 0 radical (unpaired) electrons. The minimum Gasteiger partial charge on any atom is -0.485 e. The van der Waals surface area contributed by atoms with E-state index in [4.69, 9.17) is 14.6 Å². The summed E-state index contributed by atoms with van der Waals surface area (Å²) < 4.78 is 11.8. The summed E-state index contributed by atoms with van der Waals surface area (Å²) in [5.41, 5.74) is 0.457. The van der Waals surface area contributed by atoms with Gasteiger partial charge in [0, 0.05) is 18.5 Å². The van der Waals surface area contributed by atoms with E-state index in [-0.39, 0.29) is 44.5 Å². The zero-order valence-corrected chi connectivity index (χ0v) is 14.8. The van der Waals surface area contributed by atoms with E-state index < -0.39 is 23.6 Å². The highest BCUT2D eigenvalue weighted by Gasteiger charge is 2.51. The third-order valence-corrected chi connectivity index (χ3v) is 5.63. The predicted octanol–water partition coefficient (Wildman–Crippen LogP) is -0.0488. The zero-order chi connectivity index (χ0) is 19.6. The Morgan fingerprint density at radius 1 is 1.21 bits per heavy atom. The minimum atomic E-state index is -1.00. The van der Waals surface area contributed by atoms with Gasteiger partial charge < -0.3 is 19.5 Å². The fourth-order valence-electron chi connectivity index (χ4n) is 4.18. The number of carbonyl (C=O) groups is 4. The van der Waals surface area contributed by atoms with Gasteiger partial charge in [-0.3, -0.25) is 24.6 Å². The molecular formula is C18H17N3O7. The van der Waals surface area contributed by atoms with Crippen LogP contribution in [0.4, 0.5) is 4.79 Å². The van der Waals surface area contributed by atoms with E-state index in [1.54, 1.807) is 12.1 Å². The van der Waals surface area contributed by atoms with Crippen molar-refractivity contribution in [3.05, 3.63) is 23.3 Å². The van der Waals surface area contributed by atoms with Gasteiger partial charge in [-0.15, -0.1) is 0 Å². The largest absolute Gasteiger partial charge is 0.485 e. The maximum atomic E-state index is 12.8. The lowest BCUT2D eigenvalue weighted by Gasteiger charge is -2.49. The molecule has 4 aliphatic heterocycles. The summed E-state index contributed by atoms with van der Waals surface area (Å²) in [6.07, 6.45) is -0.507. The van der Waals surface area contributed by atoms with Crippen molar-refractivity contribution in [1.82, 2.24) is 15.1 Å². The fraction of sp³-hybridized carbons (Fsp3) is 0.444. The first-order valence-corrected chi connectivity index (χ1v) is 8.96. The lowest BCUT2D eigenvalue weighted by molar-refractivity contribution is -0.136. The number of ether oxygens (including phenoxy) is 2. The number of benzene rings is 1. The monoisotopic (exact) mass is 387 g/mol. The molecule has 2 fully saturated rings. The van der Waals surface area contributed by atoms with Crippen LogP contribution in [0.15, 0.2) is 12.1 Å². The smallest absolute Gasteiger partial charge is 0.407 e. The molecule has 2 N–H and O–H groups in total. The average Bonchev–Trinajstić information content (AvgIpc) is 2.93. The number of rotatable bonds is 1. The number of hydrogen-bond acceptors (Lipinski definition) is 6. The summed E-state index contributed by atoms with van der Waals surface area (Å²) >= 11 is 0. The van der Waals surface area contributed by atoms with Crippen LogP contribution in [-0.2, 0) is 16.1 Å². The number of nitrogens with zero attached hydrogens (tertiary/aromatic N) is 2. The molecule has 0 aromatic heterocycles. The summed E-state index contributed by atoms with van der Waals surface area (Å²) in [7, 11) is 0. The molecule has 0 saturated carbocycles. The van der Waals surface area contributed by atoms with Crippen LogP contribution in [0.5, 0.6) is 11.5 Å². The van der Waals surface area contributed by atoms with Crippen molar-refractivity contribution < 1.29 is 33.8 Å². The van der Waals surface area contributed by atoms with Crippen molar-refractivity contribution in [3.63, 3.8) is 0 Å². The molecule has 0 bridgehead atoms. The number of likely N-dealkylation sites (tertiary alicyclic amines) is 1. The molecule has 2 saturated heterocycles. The third-order valence-electron chi connectivity index (χ3n) is 5.63. The van der Waals surface area contributed by atoms with E-state index in [0.29, 0.717) is 29.0 Å². The van der Waals surface area contributed by atoms with Crippen LogP contribution >= 0.6 is 0 Å². The van der Waals surface area contributed by atoms with Gasteiger partial charge in [0.1, 0.15) is 12.6 Å². The van der Waals surface area contributed by atoms with Crippen LogP contribution in [0, 0.1) is 0 Å². The topological polar surface area (TPSA) is 125 Å². The Labute approximate surface area is 159 Å². The van der Waals surface area contributed by atoms with Gasteiger partial charge in [-0.05, 0) is 24.1 Å². The number of imide groups is 1. The van der Waals surface area contributed by atoms with Crippen LogP contribution in [0.3, 0.4) is 0 Å². The molecule has 0 aliphatic carbocycles. The lowest BCUT2D eigenvalue weighted by atomic mass is 9.94. The van der Waals surface area contributed by atoms with Gasteiger partial charge in [0.25, 0.3) is 5.91 Å². The molecule has 4 aliphatic rings. The SMILES string of the molecule is O=C1CC[C@H](N2Cc3cc4c(cc3C2=O)OCC2(CN(C(=O)O)C2)O4)C(=O)N1. The van der Waals surface area contributed by atoms with Crippen molar-refractivity contribution in [2.75, 3.05) is 19.7 Å². The Morgan fingerprint density at radius 3 is 2.71 bits per heavy atom. The van der Waals surface area contributed by atoms with Gasteiger partial charge in [-0.1, -0.05) is 0 Å². The maximum absolute atomic E-state index is 12.8. The average molecular weight is 387 g/mol. The summed E-state index contributed by atoms with van der Waals surface area (Å²) in [4.78, 5) is 50.0. The second-order valence-electron chi connectivity index (χ2n) is 7.57. The minimum absolute atomic E-state index is 0.196. The zero-order valence-electron chi connectivity index (χ0n) is 14.8. The molecule has 1 aromatic rings. The first-order chi connectivity index (χ1) is 13.3. The molecule has 4 heterocycles. The first kappa shape index (κ1) is 16.8. The van der Waals surface area contributed by atoms with Crippen LogP contribution < -0.4 is 14.8 Å². The second kappa shape index (κ2) is 5.60. The Morgan fingerprint density at radius 2 is 2.00 bits per heavy atom. The van der Waals surface area contributed by atoms with Crippen LogP contribution in [-0.4, -0.2) is 70.1 Å². The lowest BCUT2D eigenvalue weighted by Crippen LogP contribution is -2.69. The van der Waals surface area contributed by atoms with E-state index in [2.05, 4.69) is 5.32 Å². The van der Waals surface area contributed by atoms with E-state index >= 15 is 0 Å². The number of nitrogens with one attached hydrogen (secondary N) is 1. The molecule has 10 heteroatoms. The van der Waals surface area contributed by atoms with Crippen molar-refractivity contribution in [2.24, 2.45) is 0 Å².